The number of ether oxygens (including phenoxy) is 1. The highest BCUT2D eigenvalue weighted by Gasteiger charge is 2.21. The van der Waals surface area contributed by atoms with Crippen molar-refractivity contribution >= 4 is 27.8 Å². The number of nitrogens with one attached hydrogen (secondary N) is 1. The predicted molar refractivity (Wildman–Crippen MR) is 91.6 cm³/mol. The smallest absolute Gasteiger partial charge is 0.344 e. The van der Waals surface area contributed by atoms with Crippen molar-refractivity contribution in [1.82, 2.24) is 10.5 Å². The molecule has 0 bridgehead atoms. The normalized spacial score (nSPS) is 11.8. The van der Waals surface area contributed by atoms with E-state index in [9.17, 15) is 9.59 Å². The molecular weight excluding hydrogens is 376 g/mol. The zero-order chi connectivity index (χ0) is 17.7. The van der Waals surface area contributed by atoms with Crippen LogP contribution in [0.25, 0.3) is 0 Å². The number of amides is 1. The highest BCUT2D eigenvalue weighted by atomic mass is 79.9. The van der Waals surface area contributed by atoms with Crippen molar-refractivity contribution < 1.29 is 18.8 Å². The molecule has 0 radical (unpaired) electrons. The number of halogens is 1. The summed E-state index contributed by atoms with van der Waals surface area (Å²) in [5.74, 6) is -0.580. The van der Waals surface area contributed by atoms with Crippen LogP contribution in [0.2, 0.25) is 0 Å². The summed E-state index contributed by atoms with van der Waals surface area (Å²) in [5, 5.41) is 6.59. The fourth-order valence-corrected chi connectivity index (χ4v) is 2.51. The molecular formula is C17H19BrN2O4. The number of aryl methyl sites for hydroxylation is 2. The van der Waals surface area contributed by atoms with Gasteiger partial charge in [0.05, 0.1) is 11.7 Å². The molecule has 0 unspecified atom stereocenters. The van der Waals surface area contributed by atoms with Gasteiger partial charge >= 0.3 is 5.97 Å². The number of hydrogen-bond acceptors (Lipinski definition) is 5. The molecule has 0 fully saturated rings. The van der Waals surface area contributed by atoms with Crippen LogP contribution in [0, 0.1) is 6.92 Å². The number of hydrogen-bond donors (Lipinski definition) is 1. The number of aromatic nitrogens is 1. The van der Waals surface area contributed by atoms with Gasteiger partial charge in [-0.2, -0.15) is 0 Å². The zero-order valence-corrected chi connectivity index (χ0v) is 15.3. The lowest BCUT2D eigenvalue weighted by molar-refractivity contribution is -0.124. The van der Waals surface area contributed by atoms with Crippen LogP contribution in [0.1, 0.15) is 47.3 Å². The van der Waals surface area contributed by atoms with E-state index >= 15 is 0 Å². The average molecular weight is 395 g/mol. The van der Waals surface area contributed by atoms with Crippen molar-refractivity contribution in [3.63, 3.8) is 0 Å². The second-order valence-corrected chi connectivity index (χ2v) is 6.25. The van der Waals surface area contributed by atoms with E-state index in [-0.39, 0.29) is 18.6 Å². The topological polar surface area (TPSA) is 81.4 Å². The van der Waals surface area contributed by atoms with Crippen molar-refractivity contribution in [3.05, 3.63) is 51.3 Å². The first-order valence-corrected chi connectivity index (χ1v) is 8.38. The van der Waals surface area contributed by atoms with Crippen molar-refractivity contribution in [1.29, 1.82) is 0 Å². The Labute approximate surface area is 148 Å². The highest BCUT2D eigenvalue weighted by Crippen LogP contribution is 2.17. The molecule has 1 aromatic heterocycles. The van der Waals surface area contributed by atoms with Gasteiger partial charge in [0.2, 0.25) is 0 Å². The molecule has 2 aromatic rings. The summed E-state index contributed by atoms with van der Waals surface area (Å²) in [7, 11) is 0. The first kappa shape index (κ1) is 18.2. The van der Waals surface area contributed by atoms with Crippen molar-refractivity contribution in [3.8, 4) is 0 Å². The third-order valence-corrected chi connectivity index (χ3v) is 4.08. The molecule has 0 spiro atoms. The first-order valence-electron chi connectivity index (χ1n) is 7.59. The van der Waals surface area contributed by atoms with Crippen LogP contribution < -0.4 is 5.32 Å². The fourth-order valence-electron chi connectivity index (χ4n) is 2.24. The van der Waals surface area contributed by atoms with Crippen LogP contribution in [0.4, 0.5) is 0 Å². The number of nitrogens with zero attached hydrogens (tertiary/aromatic N) is 1. The largest absolute Gasteiger partial charge is 0.452 e. The summed E-state index contributed by atoms with van der Waals surface area (Å²) < 4.78 is 11.0. The molecule has 1 N–H and O–H groups in total. The molecule has 0 aliphatic rings. The molecule has 0 saturated heterocycles. The monoisotopic (exact) mass is 394 g/mol. The molecule has 0 aliphatic heterocycles. The second kappa shape index (κ2) is 8.10. The number of carbonyl (C=O) groups is 2. The molecule has 1 amide bonds. The Morgan fingerprint density at radius 1 is 1.33 bits per heavy atom. The Morgan fingerprint density at radius 2 is 2.00 bits per heavy atom. The molecule has 1 atom stereocenters. The Kier molecular flexibility index (Phi) is 6.14. The summed E-state index contributed by atoms with van der Waals surface area (Å²) >= 11 is 3.36. The zero-order valence-electron chi connectivity index (χ0n) is 13.8. The van der Waals surface area contributed by atoms with Crippen molar-refractivity contribution in [2.45, 2.75) is 33.2 Å². The van der Waals surface area contributed by atoms with Crippen LogP contribution >= 0.6 is 15.9 Å². The van der Waals surface area contributed by atoms with Crippen LogP contribution in [0.15, 0.2) is 33.3 Å². The van der Waals surface area contributed by atoms with Crippen molar-refractivity contribution in [2.75, 3.05) is 6.61 Å². The summed E-state index contributed by atoms with van der Waals surface area (Å²) in [4.78, 5) is 24.1. The van der Waals surface area contributed by atoms with E-state index < -0.39 is 5.97 Å². The maximum absolute atomic E-state index is 12.1. The van der Waals surface area contributed by atoms with E-state index in [0.29, 0.717) is 23.4 Å². The Bertz CT molecular complexity index is 725. The lowest BCUT2D eigenvalue weighted by atomic mass is 10.1. The molecule has 24 heavy (non-hydrogen) atoms. The SMILES string of the molecule is CCc1noc(C)c1C(=O)OCC(=O)N[C@H](C)c1ccc(Br)cc1. The molecule has 6 nitrogen and oxygen atoms in total. The van der Waals surface area contributed by atoms with E-state index in [1.165, 1.54) is 0 Å². The Morgan fingerprint density at radius 3 is 2.62 bits per heavy atom. The minimum atomic E-state index is -0.600. The molecule has 1 aromatic carbocycles. The first-order chi connectivity index (χ1) is 11.4. The van der Waals surface area contributed by atoms with E-state index in [4.69, 9.17) is 9.26 Å². The van der Waals surface area contributed by atoms with Gasteiger partial charge in [-0.1, -0.05) is 40.1 Å². The second-order valence-electron chi connectivity index (χ2n) is 5.33. The van der Waals surface area contributed by atoms with Crippen LogP contribution in [0.5, 0.6) is 0 Å². The summed E-state index contributed by atoms with van der Waals surface area (Å²) in [6, 6.07) is 7.44. The molecule has 2 rings (SSSR count). The molecule has 128 valence electrons. The van der Waals surface area contributed by atoms with Crippen LogP contribution in [-0.2, 0) is 16.0 Å². The standard InChI is InChI=1S/C17H19BrN2O4/c1-4-14-16(11(3)24-20-14)17(22)23-9-15(21)19-10(2)12-5-7-13(18)8-6-12/h5-8,10H,4,9H2,1-3H3,(H,19,21)/t10-/m1/s1. The number of rotatable bonds is 6. The molecule has 0 aliphatic carbocycles. The van der Waals surface area contributed by atoms with Crippen LogP contribution in [0.3, 0.4) is 0 Å². The maximum atomic E-state index is 12.1. The summed E-state index contributed by atoms with van der Waals surface area (Å²) in [6.45, 7) is 5.01. The van der Waals surface area contributed by atoms with Gasteiger partial charge in [0.25, 0.3) is 5.91 Å². The summed E-state index contributed by atoms with van der Waals surface area (Å²) in [5.41, 5.74) is 1.79. The minimum absolute atomic E-state index is 0.187. The average Bonchev–Trinajstić information content (AvgIpc) is 2.94. The molecule has 0 saturated carbocycles. The molecule has 7 heteroatoms. The van der Waals surface area contributed by atoms with E-state index in [1.54, 1.807) is 6.92 Å². The maximum Gasteiger partial charge on any atom is 0.344 e. The van der Waals surface area contributed by atoms with Gasteiger partial charge in [-0.3, -0.25) is 4.79 Å². The lowest BCUT2D eigenvalue weighted by Gasteiger charge is -2.14. The Hall–Kier alpha value is -2.15. The third kappa shape index (κ3) is 4.44. The summed E-state index contributed by atoms with van der Waals surface area (Å²) in [6.07, 6.45) is 0.550. The van der Waals surface area contributed by atoms with Crippen molar-refractivity contribution in [2.24, 2.45) is 0 Å². The van der Waals surface area contributed by atoms with E-state index in [1.807, 2.05) is 38.1 Å². The van der Waals surface area contributed by atoms with Gasteiger partial charge in [-0.05, 0) is 38.0 Å². The number of benzene rings is 1. The Balaban J connectivity index is 1.89. The lowest BCUT2D eigenvalue weighted by Crippen LogP contribution is -2.31. The van der Waals surface area contributed by atoms with Gasteiger partial charge < -0.3 is 14.6 Å². The third-order valence-electron chi connectivity index (χ3n) is 3.55. The highest BCUT2D eigenvalue weighted by molar-refractivity contribution is 9.10. The molecule has 1 heterocycles. The van der Waals surface area contributed by atoms with Gasteiger partial charge in [0, 0.05) is 4.47 Å². The van der Waals surface area contributed by atoms with Gasteiger partial charge in [-0.25, -0.2) is 4.79 Å². The van der Waals surface area contributed by atoms with E-state index in [2.05, 4.69) is 26.4 Å². The van der Waals surface area contributed by atoms with Gasteiger partial charge in [0.15, 0.2) is 6.61 Å². The van der Waals surface area contributed by atoms with Gasteiger partial charge in [0.1, 0.15) is 11.3 Å². The van der Waals surface area contributed by atoms with Gasteiger partial charge in [-0.15, -0.1) is 0 Å². The number of esters is 1. The minimum Gasteiger partial charge on any atom is -0.452 e. The fraction of sp³-hybridized carbons (Fsp3) is 0.353. The quantitative estimate of drug-likeness (QED) is 0.759. The predicted octanol–water partition coefficient (Wildman–Crippen LogP) is 3.34. The van der Waals surface area contributed by atoms with Crippen LogP contribution in [-0.4, -0.2) is 23.6 Å². The van der Waals surface area contributed by atoms with E-state index in [0.717, 1.165) is 10.0 Å². The number of carbonyl (C=O) groups excluding carboxylic acids is 2.